The van der Waals surface area contributed by atoms with E-state index in [1.54, 1.807) is 48.5 Å². The van der Waals surface area contributed by atoms with Gasteiger partial charge in [-0.15, -0.1) is 5.11 Å². The maximum atomic E-state index is 10.9. The SMILES string of the molecule is CC(=O)Nc1ccc(N=NNc2ccc(NC(C)=O)cc2)cc1. The Morgan fingerprint density at radius 3 is 1.65 bits per heavy atom. The molecular formula is C16H17N5O2. The van der Waals surface area contributed by atoms with Gasteiger partial charge in [0.2, 0.25) is 11.8 Å². The van der Waals surface area contributed by atoms with Crippen LogP contribution in [0.2, 0.25) is 0 Å². The molecule has 0 radical (unpaired) electrons. The van der Waals surface area contributed by atoms with Crippen molar-refractivity contribution in [3.63, 3.8) is 0 Å². The van der Waals surface area contributed by atoms with Crippen LogP contribution in [0.25, 0.3) is 0 Å². The Bertz CT molecular complexity index is 708. The molecule has 0 aliphatic heterocycles. The van der Waals surface area contributed by atoms with Gasteiger partial charge in [-0.05, 0) is 48.5 Å². The summed E-state index contributed by atoms with van der Waals surface area (Å²) in [5.74, 6) is -0.239. The van der Waals surface area contributed by atoms with Gasteiger partial charge >= 0.3 is 0 Å². The molecule has 3 N–H and O–H groups in total. The number of carbonyl (C=O) groups is 2. The summed E-state index contributed by atoms with van der Waals surface area (Å²) < 4.78 is 0. The third-order valence-electron chi connectivity index (χ3n) is 2.74. The van der Waals surface area contributed by atoms with Gasteiger partial charge in [-0.1, -0.05) is 5.22 Å². The van der Waals surface area contributed by atoms with Crippen molar-refractivity contribution in [2.75, 3.05) is 16.1 Å². The maximum absolute atomic E-state index is 10.9. The van der Waals surface area contributed by atoms with E-state index in [1.807, 2.05) is 0 Å². The van der Waals surface area contributed by atoms with Crippen molar-refractivity contribution < 1.29 is 9.59 Å². The molecule has 118 valence electrons. The van der Waals surface area contributed by atoms with E-state index in [0.717, 1.165) is 5.69 Å². The number of benzene rings is 2. The Morgan fingerprint density at radius 2 is 1.17 bits per heavy atom. The lowest BCUT2D eigenvalue weighted by Crippen LogP contribution is -2.05. The van der Waals surface area contributed by atoms with Crippen LogP contribution < -0.4 is 16.1 Å². The first-order valence-electron chi connectivity index (χ1n) is 6.95. The average Bonchev–Trinajstić information content (AvgIpc) is 2.50. The van der Waals surface area contributed by atoms with E-state index in [9.17, 15) is 9.59 Å². The average molecular weight is 311 g/mol. The van der Waals surface area contributed by atoms with Crippen LogP contribution in [0.15, 0.2) is 58.9 Å². The molecule has 2 rings (SSSR count). The molecule has 2 aromatic rings. The Morgan fingerprint density at radius 1 is 0.739 bits per heavy atom. The van der Waals surface area contributed by atoms with Crippen LogP contribution >= 0.6 is 0 Å². The minimum Gasteiger partial charge on any atom is -0.326 e. The van der Waals surface area contributed by atoms with Crippen molar-refractivity contribution in [3.8, 4) is 0 Å². The zero-order chi connectivity index (χ0) is 16.7. The standard InChI is InChI=1S/C16H17N5O2/c1-11(22)17-13-3-7-15(8-4-13)19-21-20-16-9-5-14(6-10-16)18-12(2)23/h3-10H,1-2H3,(H,17,22)(H,18,23)(H,19,20). The Kier molecular flexibility index (Phi) is 5.40. The summed E-state index contributed by atoms with van der Waals surface area (Å²) in [5.41, 5.74) is 5.62. The quantitative estimate of drug-likeness (QED) is 0.580. The van der Waals surface area contributed by atoms with E-state index in [4.69, 9.17) is 0 Å². The molecule has 0 aliphatic carbocycles. The Balaban J connectivity index is 1.90. The van der Waals surface area contributed by atoms with E-state index in [0.29, 0.717) is 17.1 Å². The number of hydrogen-bond donors (Lipinski definition) is 3. The normalized spacial score (nSPS) is 10.3. The smallest absolute Gasteiger partial charge is 0.221 e. The number of rotatable bonds is 5. The van der Waals surface area contributed by atoms with E-state index >= 15 is 0 Å². The van der Waals surface area contributed by atoms with Crippen molar-refractivity contribution >= 4 is 34.6 Å². The topological polar surface area (TPSA) is 94.9 Å². The first kappa shape index (κ1) is 16.2. The van der Waals surface area contributed by atoms with Gasteiger partial charge in [-0.3, -0.25) is 15.0 Å². The highest BCUT2D eigenvalue weighted by Crippen LogP contribution is 2.18. The van der Waals surface area contributed by atoms with Gasteiger partial charge in [0.25, 0.3) is 0 Å². The fraction of sp³-hybridized carbons (Fsp3) is 0.125. The molecule has 0 spiro atoms. The molecule has 0 fully saturated rings. The molecule has 0 saturated heterocycles. The zero-order valence-corrected chi connectivity index (χ0v) is 12.8. The van der Waals surface area contributed by atoms with Crippen LogP contribution in [0, 0.1) is 0 Å². The second-order valence-electron chi connectivity index (χ2n) is 4.80. The summed E-state index contributed by atoms with van der Waals surface area (Å²) in [6.07, 6.45) is 0. The lowest BCUT2D eigenvalue weighted by atomic mass is 10.3. The summed E-state index contributed by atoms with van der Waals surface area (Å²) in [6, 6.07) is 14.1. The molecule has 0 heterocycles. The van der Waals surface area contributed by atoms with Crippen molar-refractivity contribution in [1.29, 1.82) is 0 Å². The molecular weight excluding hydrogens is 294 g/mol. The van der Waals surface area contributed by atoms with Crippen LogP contribution in [0.4, 0.5) is 22.7 Å². The zero-order valence-electron chi connectivity index (χ0n) is 12.8. The van der Waals surface area contributed by atoms with Gasteiger partial charge in [0.05, 0.1) is 11.4 Å². The van der Waals surface area contributed by atoms with Crippen LogP contribution in [0.3, 0.4) is 0 Å². The third-order valence-corrected chi connectivity index (χ3v) is 2.74. The van der Waals surface area contributed by atoms with Gasteiger partial charge in [-0.2, -0.15) is 0 Å². The van der Waals surface area contributed by atoms with E-state index in [2.05, 4.69) is 26.4 Å². The lowest BCUT2D eigenvalue weighted by molar-refractivity contribution is -0.115. The summed E-state index contributed by atoms with van der Waals surface area (Å²) in [6.45, 7) is 2.91. The van der Waals surface area contributed by atoms with Crippen LogP contribution in [0.1, 0.15) is 13.8 Å². The molecule has 2 aromatic carbocycles. The van der Waals surface area contributed by atoms with Crippen LogP contribution in [-0.4, -0.2) is 11.8 Å². The fourth-order valence-electron chi connectivity index (χ4n) is 1.79. The number of nitrogens with one attached hydrogen (secondary N) is 3. The highest BCUT2D eigenvalue weighted by atomic mass is 16.2. The van der Waals surface area contributed by atoms with E-state index in [-0.39, 0.29) is 11.8 Å². The number of nitrogens with zero attached hydrogens (tertiary/aromatic N) is 2. The molecule has 7 heteroatoms. The molecule has 0 bridgehead atoms. The number of carbonyl (C=O) groups excluding carboxylic acids is 2. The molecule has 0 unspecified atom stereocenters. The minimum atomic E-state index is -0.122. The van der Waals surface area contributed by atoms with Gasteiger partial charge in [0, 0.05) is 25.2 Å². The maximum Gasteiger partial charge on any atom is 0.221 e. The summed E-state index contributed by atoms with van der Waals surface area (Å²) in [5, 5.41) is 13.3. The van der Waals surface area contributed by atoms with Crippen molar-refractivity contribution in [3.05, 3.63) is 48.5 Å². The summed E-state index contributed by atoms with van der Waals surface area (Å²) >= 11 is 0. The summed E-state index contributed by atoms with van der Waals surface area (Å²) in [4.78, 5) is 21.9. The van der Waals surface area contributed by atoms with Crippen molar-refractivity contribution in [2.24, 2.45) is 10.3 Å². The van der Waals surface area contributed by atoms with Crippen molar-refractivity contribution in [1.82, 2.24) is 0 Å². The molecule has 0 aromatic heterocycles. The Labute approximate surface area is 133 Å². The first-order valence-corrected chi connectivity index (χ1v) is 6.95. The fourth-order valence-corrected chi connectivity index (χ4v) is 1.79. The molecule has 23 heavy (non-hydrogen) atoms. The van der Waals surface area contributed by atoms with Crippen molar-refractivity contribution in [2.45, 2.75) is 13.8 Å². The third kappa shape index (κ3) is 5.58. The van der Waals surface area contributed by atoms with E-state index in [1.165, 1.54) is 13.8 Å². The summed E-state index contributed by atoms with van der Waals surface area (Å²) in [7, 11) is 0. The second-order valence-corrected chi connectivity index (χ2v) is 4.80. The molecule has 0 atom stereocenters. The molecule has 0 saturated carbocycles. The number of anilines is 3. The minimum absolute atomic E-state index is 0.117. The first-order chi connectivity index (χ1) is 11.0. The van der Waals surface area contributed by atoms with Crippen LogP contribution in [0.5, 0.6) is 0 Å². The van der Waals surface area contributed by atoms with Gasteiger partial charge in [-0.25, -0.2) is 0 Å². The predicted molar refractivity (Wildman–Crippen MR) is 89.6 cm³/mol. The monoisotopic (exact) mass is 311 g/mol. The second kappa shape index (κ2) is 7.69. The lowest BCUT2D eigenvalue weighted by Gasteiger charge is -2.03. The Hall–Kier alpha value is -3.22. The van der Waals surface area contributed by atoms with Gasteiger partial charge in [0.1, 0.15) is 0 Å². The number of amides is 2. The number of hydrogen-bond acceptors (Lipinski definition) is 4. The highest BCUT2D eigenvalue weighted by Gasteiger charge is 1.97. The highest BCUT2D eigenvalue weighted by molar-refractivity contribution is 5.89. The predicted octanol–water partition coefficient (Wildman–Crippen LogP) is 3.71. The van der Waals surface area contributed by atoms with Crippen LogP contribution in [-0.2, 0) is 9.59 Å². The van der Waals surface area contributed by atoms with Gasteiger partial charge in [0.15, 0.2) is 0 Å². The molecule has 7 nitrogen and oxygen atoms in total. The largest absolute Gasteiger partial charge is 0.326 e. The molecule has 2 amide bonds. The van der Waals surface area contributed by atoms with Gasteiger partial charge < -0.3 is 10.6 Å². The van der Waals surface area contributed by atoms with E-state index < -0.39 is 0 Å². The molecule has 0 aliphatic rings.